The Labute approximate surface area is 79.1 Å². The summed E-state index contributed by atoms with van der Waals surface area (Å²) < 4.78 is 0. The molecule has 0 bridgehead atoms. The maximum Gasteiger partial charge on any atom is 0.134 e. The molecule has 0 aliphatic rings. The average molecular weight is 174 g/mol. The van der Waals surface area contributed by atoms with Gasteiger partial charge in [0.1, 0.15) is 5.78 Å². The lowest BCUT2D eigenvalue weighted by atomic mass is 10.0. The van der Waals surface area contributed by atoms with Crippen molar-refractivity contribution in [1.29, 1.82) is 0 Å². The molecule has 1 rings (SSSR count). The van der Waals surface area contributed by atoms with Crippen LogP contribution in [-0.2, 0) is 11.2 Å². The lowest BCUT2D eigenvalue weighted by molar-refractivity contribution is -0.116. The molecule has 0 aliphatic heterocycles. The summed E-state index contributed by atoms with van der Waals surface area (Å²) in [6.07, 6.45) is 0.515. The van der Waals surface area contributed by atoms with Crippen molar-refractivity contribution in [3.8, 4) is 0 Å². The lowest BCUT2D eigenvalue weighted by Gasteiger charge is -2.02. The van der Waals surface area contributed by atoms with Gasteiger partial charge in [-0.2, -0.15) is 0 Å². The number of hydrogen-bond acceptors (Lipinski definition) is 1. The summed E-state index contributed by atoms with van der Waals surface area (Å²) in [5, 5.41) is 0. The second-order valence-corrected chi connectivity index (χ2v) is 3.36. The van der Waals surface area contributed by atoms with Crippen LogP contribution in [0.4, 0.5) is 0 Å². The van der Waals surface area contributed by atoms with Crippen LogP contribution in [-0.4, -0.2) is 5.78 Å². The molecule has 0 radical (unpaired) electrons. The smallest absolute Gasteiger partial charge is 0.134 e. The summed E-state index contributed by atoms with van der Waals surface area (Å²) >= 11 is 0. The van der Waals surface area contributed by atoms with Crippen LogP contribution in [0.15, 0.2) is 30.8 Å². The van der Waals surface area contributed by atoms with E-state index in [1.807, 2.05) is 31.2 Å². The monoisotopic (exact) mass is 174 g/mol. The summed E-state index contributed by atoms with van der Waals surface area (Å²) in [4.78, 5) is 10.9. The van der Waals surface area contributed by atoms with Gasteiger partial charge in [-0.25, -0.2) is 0 Å². The summed E-state index contributed by atoms with van der Waals surface area (Å²) in [5.41, 5.74) is 3.21. The van der Waals surface area contributed by atoms with Crippen molar-refractivity contribution in [3.63, 3.8) is 0 Å². The fourth-order valence-corrected chi connectivity index (χ4v) is 1.23. The van der Waals surface area contributed by atoms with E-state index in [4.69, 9.17) is 0 Å². The van der Waals surface area contributed by atoms with Gasteiger partial charge in [-0.05, 0) is 25.0 Å². The number of carbonyl (C=O) groups excluding carboxylic acids is 1. The quantitative estimate of drug-likeness (QED) is 0.688. The molecule has 0 saturated carbocycles. The third kappa shape index (κ3) is 2.86. The van der Waals surface area contributed by atoms with Gasteiger partial charge in [0.05, 0.1) is 0 Å². The summed E-state index contributed by atoms with van der Waals surface area (Å²) in [6.45, 7) is 7.43. The number of Topliss-reactive ketones (excluding diaryl/α,β-unsaturated/α-hetero) is 1. The van der Waals surface area contributed by atoms with Gasteiger partial charge in [0.15, 0.2) is 0 Å². The van der Waals surface area contributed by atoms with Crippen LogP contribution in [0.3, 0.4) is 0 Å². The standard InChI is InChI=1S/C12H14O/c1-9(2)12-6-4-5-11(8-12)7-10(3)13/h4-6,8H,1,7H2,2-3H3. The Morgan fingerprint density at radius 2 is 2.08 bits per heavy atom. The van der Waals surface area contributed by atoms with Crippen molar-refractivity contribution in [2.45, 2.75) is 20.3 Å². The molecule has 0 N–H and O–H groups in total. The van der Waals surface area contributed by atoms with Crippen molar-refractivity contribution in [2.75, 3.05) is 0 Å². The molecule has 0 spiro atoms. The first-order valence-corrected chi connectivity index (χ1v) is 4.34. The highest BCUT2D eigenvalue weighted by Gasteiger charge is 1.99. The van der Waals surface area contributed by atoms with E-state index >= 15 is 0 Å². The molecule has 0 unspecified atom stereocenters. The van der Waals surface area contributed by atoms with E-state index in [0.29, 0.717) is 6.42 Å². The predicted molar refractivity (Wildman–Crippen MR) is 55.5 cm³/mol. The number of rotatable bonds is 3. The molecule has 0 saturated heterocycles. The van der Waals surface area contributed by atoms with Gasteiger partial charge in [0.2, 0.25) is 0 Å². The van der Waals surface area contributed by atoms with E-state index in [-0.39, 0.29) is 5.78 Å². The van der Waals surface area contributed by atoms with Crippen LogP contribution >= 0.6 is 0 Å². The minimum Gasteiger partial charge on any atom is -0.300 e. The molecule has 0 aromatic heterocycles. The Balaban J connectivity index is 2.91. The van der Waals surface area contributed by atoms with Crippen molar-refractivity contribution < 1.29 is 4.79 Å². The third-order valence-electron chi connectivity index (χ3n) is 1.87. The van der Waals surface area contributed by atoms with Crippen molar-refractivity contribution >= 4 is 11.4 Å². The van der Waals surface area contributed by atoms with Gasteiger partial charge >= 0.3 is 0 Å². The fraction of sp³-hybridized carbons (Fsp3) is 0.250. The average Bonchev–Trinajstić information content (AvgIpc) is 2.03. The molecule has 0 heterocycles. The minimum absolute atomic E-state index is 0.193. The van der Waals surface area contributed by atoms with Crippen LogP contribution in [0.2, 0.25) is 0 Å². The van der Waals surface area contributed by atoms with Gasteiger partial charge in [0, 0.05) is 6.42 Å². The molecule has 0 fully saturated rings. The number of ketones is 1. The summed E-state index contributed by atoms with van der Waals surface area (Å²) in [5.74, 6) is 0.193. The molecule has 1 aromatic carbocycles. The highest BCUT2D eigenvalue weighted by atomic mass is 16.1. The molecule has 13 heavy (non-hydrogen) atoms. The van der Waals surface area contributed by atoms with Gasteiger partial charge < -0.3 is 0 Å². The maximum absolute atomic E-state index is 10.9. The number of benzene rings is 1. The zero-order valence-electron chi connectivity index (χ0n) is 8.13. The van der Waals surface area contributed by atoms with E-state index in [2.05, 4.69) is 6.58 Å². The molecule has 68 valence electrons. The highest BCUT2D eigenvalue weighted by molar-refractivity contribution is 5.78. The second kappa shape index (κ2) is 4.04. The van der Waals surface area contributed by atoms with Crippen LogP contribution in [0.1, 0.15) is 25.0 Å². The van der Waals surface area contributed by atoms with E-state index in [1.165, 1.54) is 0 Å². The third-order valence-corrected chi connectivity index (χ3v) is 1.87. The Kier molecular flexibility index (Phi) is 3.02. The Morgan fingerprint density at radius 3 is 2.62 bits per heavy atom. The van der Waals surface area contributed by atoms with Crippen LogP contribution in [0, 0.1) is 0 Å². The number of hydrogen-bond donors (Lipinski definition) is 0. The molecule has 1 aromatic rings. The van der Waals surface area contributed by atoms with Crippen molar-refractivity contribution in [1.82, 2.24) is 0 Å². The predicted octanol–water partition coefficient (Wildman–Crippen LogP) is 2.85. The first-order chi connectivity index (χ1) is 6.09. The number of allylic oxidation sites excluding steroid dienone is 1. The van der Waals surface area contributed by atoms with Crippen LogP contribution < -0.4 is 0 Å². The Morgan fingerprint density at radius 1 is 1.38 bits per heavy atom. The topological polar surface area (TPSA) is 17.1 Å². The maximum atomic E-state index is 10.9. The number of carbonyl (C=O) groups is 1. The Hall–Kier alpha value is -1.37. The minimum atomic E-state index is 0.193. The van der Waals surface area contributed by atoms with E-state index in [1.54, 1.807) is 6.92 Å². The van der Waals surface area contributed by atoms with Gasteiger partial charge in [0.25, 0.3) is 0 Å². The summed E-state index contributed by atoms with van der Waals surface area (Å²) in [7, 11) is 0. The highest BCUT2D eigenvalue weighted by Crippen LogP contribution is 2.13. The van der Waals surface area contributed by atoms with Crippen molar-refractivity contribution in [2.24, 2.45) is 0 Å². The van der Waals surface area contributed by atoms with Gasteiger partial charge in [-0.15, -0.1) is 0 Å². The molecule has 1 nitrogen and oxygen atoms in total. The first-order valence-electron chi connectivity index (χ1n) is 4.34. The SMILES string of the molecule is C=C(C)c1cccc(CC(C)=O)c1. The van der Waals surface area contributed by atoms with Crippen LogP contribution in [0.5, 0.6) is 0 Å². The zero-order chi connectivity index (χ0) is 9.84. The Bertz CT molecular complexity index is 337. The summed E-state index contributed by atoms with van der Waals surface area (Å²) in [6, 6.07) is 7.95. The largest absolute Gasteiger partial charge is 0.300 e. The fourth-order valence-electron chi connectivity index (χ4n) is 1.23. The molecule has 1 heteroatoms. The molecular weight excluding hydrogens is 160 g/mol. The zero-order valence-corrected chi connectivity index (χ0v) is 8.13. The van der Waals surface area contributed by atoms with E-state index < -0.39 is 0 Å². The van der Waals surface area contributed by atoms with E-state index in [0.717, 1.165) is 16.7 Å². The van der Waals surface area contributed by atoms with Gasteiger partial charge in [-0.3, -0.25) is 4.79 Å². The van der Waals surface area contributed by atoms with Gasteiger partial charge in [-0.1, -0.05) is 36.4 Å². The first kappa shape index (κ1) is 9.72. The van der Waals surface area contributed by atoms with Crippen LogP contribution in [0.25, 0.3) is 5.57 Å². The lowest BCUT2D eigenvalue weighted by Crippen LogP contribution is -1.96. The molecule has 0 amide bonds. The van der Waals surface area contributed by atoms with Crippen molar-refractivity contribution in [3.05, 3.63) is 42.0 Å². The molecule has 0 atom stereocenters. The second-order valence-electron chi connectivity index (χ2n) is 3.36. The van der Waals surface area contributed by atoms with E-state index in [9.17, 15) is 4.79 Å². The molecular formula is C12H14O. The normalized spacial score (nSPS) is 9.69. The molecule has 0 aliphatic carbocycles.